The van der Waals surface area contributed by atoms with Crippen molar-refractivity contribution in [2.45, 2.75) is 13.3 Å². The number of hydrogen-bond donors (Lipinski definition) is 0. The van der Waals surface area contributed by atoms with E-state index in [4.69, 9.17) is 0 Å². The molecule has 0 radical (unpaired) electrons. The summed E-state index contributed by atoms with van der Waals surface area (Å²) in [4.78, 5) is 19.0. The second-order valence-corrected chi connectivity index (χ2v) is 7.11. The van der Waals surface area contributed by atoms with Gasteiger partial charge in [-0.3, -0.25) is 9.69 Å². The predicted molar refractivity (Wildman–Crippen MR) is 100 cm³/mol. The molecule has 8 heteroatoms. The number of hydrogen-bond acceptors (Lipinski definition) is 6. The van der Waals surface area contributed by atoms with E-state index >= 15 is 0 Å². The van der Waals surface area contributed by atoms with E-state index in [9.17, 15) is 9.18 Å². The van der Waals surface area contributed by atoms with Crippen LogP contribution < -0.4 is 0 Å². The van der Waals surface area contributed by atoms with E-state index in [1.165, 1.54) is 34.1 Å². The number of amides is 1. The van der Waals surface area contributed by atoms with Crippen LogP contribution >= 0.6 is 23.1 Å². The van der Waals surface area contributed by atoms with Crippen LogP contribution in [-0.2, 0) is 11.2 Å². The van der Waals surface area contributed by atoms with E-state index in [1.807, 2.05) is 6.92 Å². The topological polar surface area (TPSA) is 58.5 Å². The summed E-state index contributed by atoms with van der Waals surface area (Å²) in [6.45, 7) is 5.99. The number of amidine groups is 1. The van der Waals surface area contributed by atoms with Crippen LogP contribution in [0.1, 0.15) is 17.5 Å². The number of halogens is 1. The average Bonchev–Trinajstić information content (AvgIpc) is 3.17. The molecule has 1 aromatic heterocycles. The fraction of sp³-hybridized carbons (Fsp3) is 0.176. The van der Waals surface area contributed by atoms with Gasteiger partial charge in [-0.15, -0.1) is 16.8 Å². The molecule has 1 aliphatic rings. The third-order valence-corrected chi connectivity index (χ3v) is 5.31. The molecule has 1 saturated heterocycles. The maximum absolute atomic E-state index is 13.9. The van der Waals surface area contributed by atoms with E-state index in [1.54, 1.807) is 30.4 Å². The Hall–Kier alpha value is -2.32. The summed E-state index contributed by atoms with van der Waals surface area (Å²) >= 11 is 2.58. The van der Waals surface area contributed by atoms with E-state index < -0.39 is 0 Å². The Balaban J connectivity index is 1.95. The molecule has 5 nitrogen and oxygen atoms in total. The van der Waals surface area contributed by atoms with Crippen molar-refractivity contribution in [1.29, 1.82) is 0 Å². The van der Waals surface area contributed by atoms with E-state index in [-0.39, 0.29) is 11.7 Å². The fourth-order valence-electron chi connectivity index (χ4n) is 2.13. The molecule has 0 N–H and O–H groups in total. The van der Waals surface area contributed by atoms with Crippen LogP contribution in [0.25, 0.3) is 6.08 Å². The lowest BCUT2D eigenvalue weighted by atomic mass is 10.2. The zero-order chi connectivity index (χ0) is 17.8. The molecular weight excluding hydrogens is 359 g/mol. The maximum atomic E-state index is 13.9. The minimum atomic E-state index is -0.374. The second kappa shape index (κ2) is 7.71. The molecule has 1 aromatic carbocycles. The van der Waals surface area contributed by atoms with E-state index in [0.29, 0.717) is 27.3 Å². The number of aryl methyl sites for hydroxylation is 1. The van der Waals surface area contributed by atoms with Crippen LogP contribution in [0.15, 0.2) is 46.8 Å². The first-order valence-corrected chi connectivity index (χ1v) is 9.23. The zero-order valence-corrected chi connectivity index (χ0v) is 15.1. The van der Waals surface area contributed by atoms with Gasteiger partial charge in [-0.25, -0.2) is 4.39 Å². The molecule has 1 fully saturated rings. The number of aromatic nitrogens is 2. The molecule has 3 rings (SSSR count). The van der Waals surface area contributed by atoms with Gasteiger partial charge in [0.15, 0.2) is 5.17 Å². The summed E-state index contributed by atoms with van der Waals surface area (Å²) in [7, 11) is 0. The molecule has 0 spiro atoms. The first-order valence-electron chi connectivity index (χ1n) is 7.60. The van der Waals surface area contributed by atoms with E-state index in [2.05, 4.69) is 21.8 Å². The van der Waals surface area contributed by atoms with Crippen molar-refractivity contribution < 1.29 is 9.18 Å². The van der Waals surface area contributed by atoms with Gasteiger partial charge in [0.05, 0.1) is 4.91 Å². The summed E-state index contributed by atoms with van der Waals surface area (Å²) in [5.74, 6) is -0.604. The van der Waals surface area contributed by atoms with Gasteiger partial charge in [0, 0.05) is 12.1 Å². The quantitative estimate of drug-likeness (QED) is 0.586. The maximum Gasteiger partial charge on any atom is 0.267 e. The van der Waals surface area contributed by atoms with Crippen LogP contribution in [0, 0.1) is 5.82 Å². The van der Waals surface area contributed by atoms with Gasteiger partial charge >= 0.3 is 0 Å². The van der Waals surface area contributed by atoms with Crippen molar-refractivity contribution in [2.24, 2.45) is 4.99 Å². The van der Waals surface area contributed by atoms with Gasteiger partial charge in [-0.05, 0) is 30.3 Å². The van der Waals surface area contributed by atoms with Crippen molar-refractivity contribution in [3.63, 3.8) is 0 Å². The molecule has 2 aromatic rings. The van der Waals surface area contributed by atoms with Crippen molar-refractivity contribution in [3.8, 4) is 0 Å². The lowest BCUT2D eigenvalue weighted by Gasteiger charge is -2.11. The highest BCUT2D eigenvalue weighted by molar-refractivity contribution is 8.18. The first kappa shape index (κ1) is 17.5. The van der Waals surface area contributed by atoms with Crippen LogP contribution in [-0.4, -0.2) is 32.7 Å². The molecular formula is C17H15FN4OS2. The molecule has 0 aliphatic carbocycles. The van der Waals surface area contributed by atoms with Crippen LogP contribution in [0.4, 0.5) is 9.52 Å². The van der Waals surface area contributed by atoms with Crippen LogP contribution in [0.3, 0.4) is 0 Å². The van der Waals surface area contributed by atoms with Crippen molar-refractivity contribution >= 4 is 45.4 Å². The Kier molecular flexibility index (Phi) is 5.40. The Bertz CT molecular complexity index is 875. The minimum Gasteiger partial charge on any atom is -0.282 e. The number of carbonyl (C=O) groups is 1. The molecule has 0 unspecified atom stereocenters. The second-order valence-electron chi connectivity index (χ2n) is 5.06. The molecule has 0 atom stereocenters. The molecule has 1 amide bonds. The number of carbonyl (C=O) groups excluding carboxylic acids is 1. The lowest BCUT2D eigenvalue weighted by Crippen LogP contribution is -2.29. The third kappa shape index (κ3) is 3.85. The highest BCUT2D eigenvalue weighted by Crippen LogP contribution is 2.34. The average molecular weight is 374 g/mol. The Morgan fingerprint density at radius 2 is 2.16 bits per heavy atom. The molecule has 2 heterocycles. The smallest absolute Gasteiger partial charge is 0.267 e. The van der Waals surface area contributed by atoms with Gasteiger partial charge in [-0.1, -0.05) is 42.5 Å². The molecule has 0 bridgehead atoms. The fourth-order valence-corrected chi connectivity index (χ4v) is 3.82. The Labute approximate surface area is 153 Å². The number of benzene rings is 1. The summed E-state index contributed by atoms with van der Waals surface area (Å²) in [6, 6.07) is 6.32. The van der Waals surface area contributed by atoms with Crippen molar-refractivity contribution in [1.82, 2.24) is 15.1 Å². The van der Waals surface area contributed by atoms with Gasteiger partial charge in [0.1, 0.15) is 10.8 Å². The summed E-state index contributed by atoms with van der Waals surface area (Å²) in [6.07, 6.45) is 3.94. The standard InChI is InChI=1S/C17H15FN4OS2/c1-3-9-22-15(23)13(10-11-7-5-6-8-12(11)18)24-17(22)19-16-21-20-14(4-2)25-16/h3,5-8,10H,1,4,9H2,2H3/b13-10+,19-17+. The number of aliphatic imine (C=N–C) groups is 1. The zero-order valence-electron chi connectivity index (χ0n) is 13.5. The van der Waals surface area contributed by atoms with Gasteiger partial charge in [0.2, 0.25) is 5.13 Å². The molecule has 1 aliphatic heterocycles. The van der Waals surface area contributed by atoms with E-state index in [0.717, 1.165) is 11.4 Å². The largest absolute Gasteiger partial charge is 0.282 e. The molecule has 128 valence electrons. The van der Waals surface area contributed by atoms with Gasteiger partial charge in [-0.2, -0.15) is 4.99 Å². The summed E-state index contributed by atoms with van der Waals surface area (Å²) in [5.41, 5.74) is 0.363. The number of thioether (sulfide) groups is 1. The third-order valence-electron chi connectivity index (χ3n) is 3.34. The normalized spacial score (nSPS) is 17.7. The first-order chi connectivity index (χ1) is 12.1. The highest BCUT2D eigenvalue weighted by atomic mass is 32.2. The number of rotatable bonds is 5. The SMILES string of the molecule is C=CCN1C(=O)/C(=C\c2ccccc2F)S/C1=N/c1nnc(CC)s1. The lowest BCUT2D eigenvalue weighted by molar-refractivity contribution is -0.121. The molecule has 25 heavy (non-hydrogen) atoms. The minimum absolute atomic E-state index is 0.230. The Morgan fingerprint density at radius 3 is 2.84 bits per heavy atom. The van der Waals surface area contributed by atoms with Crippen LogP contribution in [0.5, 0.6) is 0 Å². The summed E-state index contributed by atoms with van der Waals surface area (Å²) < 4.78 is 13.9. The predicted octanol–water partition coefficient (Wildman–Crippen LogP) is 4.03. The van der Waals surface area contributed by atoms with Gasteiger partial charge in [0.25, 0.3) is 5.91 Å². The summed E-state index contributed by atoms with van der Waals surface area (Å²) in [5, 5.41) is 9.91. The Morgan fingerprint density at radius 1 is 1.36 bits per heavy atom. The number of nitrogens with zero attached hydrogens (tertiary/aromatic N) is 4. The monoisotopic (exact) mass is 374 g/mol. The van der Waals surface area contributed by atoms with Crippen molar-refractivity contribution in [2.75, 3.05) is 6.54 Å². The highest BCUT2D eigenvalue weighted by Gasteiger charge is 2.33. The van der Waals surface area contributed by atoms with Crippen molar-refractivity contribution in [3.05, 3.63) is 58.2 Å². The van der Waals surface area contributed by atoms with Crippen LogP contribution in [0.2, 0.25) is 0 Å². The van der Waals surface area contributed by atoms with Gasteiger partial charge < -0.3 is 0 Å². The molecule has 0 saturated carbocycles.